The van der Waals surface area contributed by atoms with Crippen molar-refractivity contribution in [1.82, 2.24) is 5.32 Å². The van der Waals surface area contributed by atoms with E-state index < -0.39 is 12.8 Å². The van der Waals surface area contributed by atoms with Crippen LogP contribution in [0.1, 0.15) is 18.5 Å². The Labute approximate surface area is 104 Å². The molecule has 1 rings (SSSR count). The molecule has 102 valence electrons. The molecule has 1 atom stereocenters. The molecule has 0 aromatic heterocycles. The van der Waals surface area contributed by atoms with Gasteiger partial charge >= 0.3 is 6.18 Å². The van der Waals surface area contributed by atoms with Crippen molar-refractivity contribution in [3.05, 3.63) is 23.8 Å². The molecule has 18 heavy (non-hydrogen) atoms. The predicted octanol–water partition coefficient (Wildman–Crippen LogP) is 2.92. The van der Waals surface area contributed by atoms with Crippen molar-refractivity contribution in [3.63, 3.8) is 0 Å². The fraction of sp³-hybridized carbons (Fsp3) is 0.500. The second kappa shape index (κ2) is 5.95. The summed E-state index contributed by atoms with van der Waals surface area (Å²) in [7, 11) is 3.17. The summed E-state index contributed by atoms with van der Waals surface area (Å²) in [5.74, 6) is 0.632. The van der Waals surface area contributed by atoms with E-state index in [2.05, 4.69) is 5.32 Å². The van der Waals surface area contributed by atoms with E-state index in [1.807, 2.05) is 6.92 Å². The summed E-state index contributed by atoms with van der Waals surface area (Å²) >= 11 is 0. The SMILES string of the molecule is CNC(C)c1ccc(OC)cc1OCC(F)(F)F. The van der Waals surface area contributed by atoms with Crippen molar-refractivity contribution in [2.75, 3.05) is 20.8 Å². The zero-order chi connectivity index (χ0) is 13.8. The molecule has 1 N–H and O–H groups in total. The molecule has 0 heterocycles. The highest BCUT2D eigenvalue weighted by Crippen LogP contribution is 2.30. The average Bonchev–Trinajstić information content (AvgIpc) is 2.34. The molecular weight excluding hydrogens is 247 g/mol. The average molecular weight is 263 g/mol. The summed E-state index contributed by atoms with van der Waals surface area (Å²) in [5.41, 5.74) is 0.655. The van der Waals surface area contributed by atoms with Gasteiger partial charge in [0.15, 0.2) is 6.61 Å². The van der Waals surface area contributed by atoms with E-state index >= 15 is 0 Å². The van der Waals surface area contributed by atoms with Crippen molar-refractivity contribution < 1.29 is 22.6 Å². The normalized spacial score (nSPS) is 13.2. The zero-order valence-electron chi connectivity index (χ0n) is 10.5. The van der Waals surface area contributed by atoms with Crippen LogP contribution in [0, 0.1) is 0 Å². The van der Waals surface area contributed by atoms with E-state index in [0.29, 0.717) is 11.3 Å². The molecule has 0 aliphatic heterocycles. The second-order valence-corrected chi connectivity index (χ2v) is 3.82. The number of hydrogen-bond acceptors (Lipinski definition) is 3. The molecule has 0 aliphatic carbocycles. The summed E-state index contributed by atoms with van der Waals surface area (Å²) in [6.07, 6.45) is -4.36. The first-order chi connectivity index (χ1) is 8.37. The molecule has 0 fully saturated rings. The number of benzene rings is 1. The topological polar surface area (TPSA) is 30.5 Å². The number of ether oxygens (including phenoxy) is 2. The quantitative estimate of drug-likeness (QED) is 0.886. The molecule has 3 nitrogen and oxygen atoms in total. The fourth-order valence-electron chi connectivity index (χ4n) is 1.44. The Morgan fingerprint density at radius 2 is 2.00 bits per heavy atom. The minimum Gasteiger partial charge on any atom is -0.497 e. The maximum Gasteiger partial charge on any atom is 0.422 e. The largest absolute Gasteiger partial charge is 0.497 e. The van der Waals surface area contributed by atoms with Gasteiger partial charge in [-0.05, 0) is 20.0 Å². The Kier molecular flexibility index (Phi) is 4.84. The van der Waals surface area contributed by atoms with Gasteiger partial charge in [-0.1, -0.05) is 6.07 Å². The molecular formula is C12H16F3NO2. The number of methoxy groups -OCH3 is 1. The van der Waals surface area contributed by atoms with Crippen molar-refractivity contribution in [1.29, 1.82) is 0 Å². The fourth-order valence-corrected chi connectivity index (χ4v) is 1.44. The van der Waals surface area contributed by atoms with Gasteiger partial charge in [0.05, 0.1) is 7.11 Å². The van der Waals surface area contributed by atoms with E-state index in [0.717, 1.165) is 0 Å². The first-order valence-electron chi connectivity index (χ1n) is 5.42. The van der Waals surface area contributed by atoms with Crippen molar-refractivity contribution in [3.8, 4) is 11.5 Å². The van der Waals surface area contributed by atoms with Crippen molar-refractivity contribution >= 4 is 0 Å². The Morgan fingerprint density at radius 3 is 2.50 bits per heavy atom. The van der Waals surface area contributed by atoms with Crippen LogP contribution in [0.25, 0.3) is 0 Å². The van der Waals surface area contributed by atoms with Crippen LogP contribution in [0.15, 0.2) is 18.2 Å². The van der Waals surface area contributed by atoms with Gasteiger partial charge in [-0.2, -0.15) is 13.2 Å². The Balaban J connectivity index is 2.96. The minimum absolute atomic E-state index is 0.112. The number of alkyl halides is 3. The summed E-state index contributed by atoms with van der Waals surface area (Å²) in [6, 6.07) is 4.71. The van der Waals surface area contributed by atoms with Gasteiger partial charge in [0, 0.05) is 17.7 Å². The highest BCUT2D eigenvalue weighted by molar-refractivity contribution is 5.42. The molecule has 0 aliphatic rings. The number of halogens is 3. The third-order valence-electron chi connectivity index (χ3n) is 2.51. The Bertz CT molecular complexity index is 393. The monoisotopic (exact) mass is 263 g/mol. The predicted molar refractivity (Wildman–Crippen MR) is 62.0 cm³/mol. The first kappa shape index (κ1) is 14.6. The molecule has 6 heteroatoms. The van der Waals surface area contributed by atoms with Gasteiger partial charge in [0.2, 0.25) is 0 Å². The summed E-state index contributed by atoms with van der Waals surface area (Å²) in [6.45, 7) is 0.520. The van der Waals surface area contributed by atoms with E-state index in [-0.39, 0.29) is 11.8 Å². The number of nitrogens with one attached hydrogen (secondary N) is 1. The standard InChI is InChI=1S/C12H16F3NO2/c1-8(16-2)10-5-4-9(17-3)6-11(10)18-7-12(13,14)15/h4-6,8,16H,7H2,1-3H3. The highest BCUT2D eigenvalue weighted by atomic mass is 19.4. The number of hydrogen-bond donors (Lipinski definition) is 1. The third-order valence-corrected chi connectivity index (χ3v) is 2.51. The van der Waals surface area contributed by atoms with Gasteiger partial charge in [-0.15, -0.1) is 0 Å². The molecule has 1 aromatic carbocycles. The summed E-state index contributed by atoms with van der Waals surface area (Å²) in [4.78, 5) is 0. The maximum atomic E-state index is 12.2. The van der Waals surface area contributed by atoms with E-state index in [1.54, 1.807) is 19.2 Å². The van der Waals surface area contributed by atoms with Crippen LogP contribution in [0.4, 0.5) is 13.2 Å². The van der Waals surface area contributed by atoms with E-state index in [9.17, 15) is 13.2 Å². The smallest absolute Gasteiger partial charge is 0.422 e. The Hall–Kier alpha value is -1.43. The molecule has 0 saturated carbocycles. The van der Waals surface area contributed by atoms with Gasteiger partial charge in [-0.3, -0.25) is 0 Å². The van der Waals surface area contributed by atoms with Gasteiger partial charge < -0.3 is 14.8 Å². The lowest BCUT2D eigenvalue weighted by atomic mass is 10.1. The van der Waals surface area contributed by atoms with E-state index in [1.165, 1.54) is 13.2 Å². The van der Waals surface area contributed by atoms with Crippen LogP contribution >= 0.6 is 0 Å². The minimum atomic E-state index is -4.36. The van der Waals surface area contributed by atoms with Gasteiger partial charge in [-0.25, -0.2) is 0 Å². The van der Waals surface area contributed by atoms with Crippen LogP contribution in [-0.2, 0) is 0 Å². The van der Waals surface area contributed by atoms with Gasteiger partial charge in [0.1, 0.15) is 11.5 Å². The summed E-state index contributed by atoms with van der Waals surface area (Å²) < 4.78 is 46.3. The van der Waals surface area contributed by atoms with Crippen LogP contribution in [0.3, 0.4) is 0 Å². The molecule has 0 saturated heterocycles. The van der Waals surface area contributed by atoms with Crippen LogP contribution < -0.4 is 14.8 Å². The lowest BCUT2D eigenvalue weighted by molar-refractivity contribution is -0.153. The molecule has 0 radical (unpaired) electrons. The lowest BCUT2D eigenvalue weighted by Crippen LogP contribution is -2.21. The maximum absolute atomic E-state index is 12.2. The lowest BCUT2D eigenvalue weighted by Gasteiger charge is -2.18. The third kappa shape index (κ3) is 4.10. The van der Waals surface area contributed by atoms with Crippen LogP contribution in [0.5, 0.6) is 11.5 Å². The highest BCUT2D eigenvalue weighted by Gasteiger charge is 2.29. The molecule has 1 aromatic rings. The second-order valence-electron chi connectivity index (χ2n) is 3.82. The van der Waals surface area contributed by atoms with Crippen LogP contribution in [0.2, 0.25) is 0 Å². The first-order valence-corrected chi connectivity index (χ1v) is 5.42. The van der Waals surface area contributed by atoms with Crippen molar-refractivity contribution in [2.45, 2.75) is 19.1 Å². The van der Waals surface area contributed by atoms with Crippen molar-refractivity contribution in [2.24, 2.45) is 0 Å². The van der Waals surface area contributed by atoms with Gasteiger partial charge in [0.25, 0.3) is 0 Å². The zero-order valence-corrected chi connectivity index (χ0v) is 10.5. The van der Waals surface area contributed by atoms with Crippen LogP contribution in [-0.4, -0.2) is 26.9 Å². The van der Waals surface area contributed by atoms with E-state index in [4.69, 9.17) is 9.47 Å². The molecule has 0 spiro atoms. The Morgan fingerprint density at radius 1 is 1.33 bits per heavy atom. The summed E-state index contributed by atoms with van der Waals surface area (Å²) in [5, 5.41) is 2.95. The molecule has 1 unspecified atom stereocenters. The molecule has 0 bridgehead atoms. The molecule has 0 amide bonds. The number of rotatable bonds is 5.